The first-order valence-corrected chi connectivity index (χ1v) is 11.4. The molecule has 0 bridgehead atoms. The first kappa shape index (κ1) is 23.5. The van der Waals surface area contributed by atoms with Crippen LogP contribution in [0.3, 0.4) is 0 Å². The van der Waals surface area contributed by atoms with Gasteiger partial charge in [0.25, 0.3) is 5.91 Å². The van der Waals surface area contributed by atoms with Gasteiger partial charge in [0.2, 0.25) is 0 Å². The number of fused-ring (bicyclic) bond motifs is 3. The van der Waals surface area contributed by atoms with E-state index in [2.05, 4.69) is 10.1 Å². The summed E-state index contributed by atoms with van der Waals surface area (Å²) in [6, 6.07) is 14.2. The van der Waals surface area contributed by atoms with E-state index in [4.69, 9.17) is 21.4 Å². The van der Waals surface area contributed by atoms with Crippen LogP contribution in [0.25, 0.3) is 11.3 Å². The minimum Gasteiger partial charge on any atom is -0.488 e. The molecule has 0 aliphatic carbocycles. The number of aromatic carboxylic acids is 1. The monoisotopic (exact) mass is 506 g/mol. The first-order chi connectivity index (χ1) is 17.3. The van der Waals surface area contributed by atoms with Gasteiger partial charge in [-0.1, -0.05) is 23.7 Å². The second kappa shape index (κ2) is 9.43. The number of amides is 1. The van der Waals surface area contributed by atoms with Crippen LogP contribution >= 0.6 is 11.6 Å². The zero-order valence-corrected chi connectivity index (χ0v) is 19.9. The van der Waals surface area contributed by atoms with Crippen LogP contribution in [0.5, 0.6) is 5.75 Å². The fourth-order valence-corrected chi connectivity index (χ4v) is 4.39. The fourth-order valence-electron chi connectivity index (χ4n) is 4.22. The van der Waals surface area contributed by atoms with Gasteiger partial charge in [0, 0.05) is 35.9 Å². The molecule has 3 heterocycles. The largest absolute Gasteiger partial charge is 0.488 e. The molecule has 0 fully saturated rings. The number of aromatic nitrogens is 3. The Bertz CT molecular complexity index is 1490. The van der Waals surface area contributed by atoms with Crippen LogP contribution in [0.15, 0.2) is 60.8 Å². The third-order valence-electron chi connectivity index (χ3n) is 5.89. The van der Waals surface area contributed by atoms with E-state index < -0.39 is 17.7 Å². The number of benzene rings is 2. The van der Waals surface area contributed by atoms with Crippen molar-refractivity contribution < 1.29 is 23.8 Å². The summed E-state index contributed by atoms with van der Waals surface area (Å²) >= 11 is 6.20. The lowest BCUT2D eigenvalue weighted by molar-refractivity contribution is 0.0691. The molecule has 182 valence electrons. The summed E-state index contributed by atoms with van der Waals surface area (Å²) in [6.45, 7) is 0.301. The van der Waals surface area contributed by atoms with Crippen molar-refractivity contribution in [2.24, 2.45) is 7.05 Å². The molecule has 10 heteroatoms. The van der Waals surface area contributed by atoms with Crippen molar-refractivity contribution >= 4 is 23.5 Å². The van der Waals surface area contributed by atoms with Gasteiger partial charge in [0.15, 0.2) is 5.69 Å². The molecular weight excluding hydrogens is 487 g/mol. The molecule has 1 N–H and O–H groups in total. The topological polar surface area (TPSA) is 97.6 Å². The van der Waals surface area contributed by atoms with Crippen molar-refractivity contribution in [3.8, 4) is 17.0 Å². The summed E-state index contributed by atoms with van der Waals surface area (Å²) in [5.74, 6) is -1.26. The number of carbonyl (C=O) groups excluding carboxylic acids is 1. The van der Waals surface area contributed by atoms with E-state index in [0.717, 1.165) is 11.3 Å². The predicted octanol–water partition coefficient (Wildman–Crippen LogP) is 4.71. The SMILES string of the molecule is Cn1nc(C(=O)N(Cc2cccc(F)c2)Cc2ccc(C(=O)O)cn2)c2c1-c1cc(Cl)ccc1OC2. The molecule has 0 atom stereocenters. The molecule has 8 nitrogen and oxygen atoms in total. The zero-order valence-electron chi connectivity index (χ0n) is 19.1. The number of carbonyl (C=O) groups is 2. The van der Waals surface area contributed by atoms with E-state index in [1.807, 2.05) is 0 Å². The Kier molecular flexibility index (Phi) is 6.15. The van der Waals surface area contributed by atoms with Gasteiger partial charge in [-0.3, -0.25) is 14.5 Å². The van der Waals surface area contributed by atoms with E-state index >= 15 is 0 Å². The highest BCUT2D eigenvalue weighted by Crippen LogP contribution is 2.40. The number of carboxylic acid groups (broad SMARTS) is 1. The van der Waals surface area contributed by atoms with Gasteiger partial charge in [-0.15, -0.1) is 0 Å². The van der Waals surface area contributed by atoms with Gasteiger partial charge in [-0.05, 0) is 48.0 Å². The number of carboxylic acids is 1. The number of aryl methyl sites for hydroxylation is 1. The molecule has 5 rings (SSSR count). The second-order valence-corrected chi connectivity index (χ2v) is 8.80. The molecular formula is C26H20ClFN4O4. The highest BCUT2D eigenvalue weighted by Gasteiger charge is 2.31. The van der Waals surface area contributed by atoms with Crippen LogP contribution in [0.4, 0.5) is 4.39 Å². The number of hydrogen-bond acceptors (Lipinski definition) is 5. The number of nitrogens with zero attached hydrogens (tertiary/aromatic N) is 4. The van der Waals surface area contributed by atoms with Crippen LogP contribution in [0.1, 0.15) is 37.7 Å². The van der Waals surface area contributed by atoms with Crippen LogP contribution in [0, 0.1) is 5.82 Å². The van der Waals surface area contributed by atoms with Crippen molar-refractivity contribution in [2.45, 2.75) is 19.7 Å². The summed E-state index contributed by atoms with van der Waals surface area (Å²) in [7, 11) is 1.74. The van der Waals surface area contributed by atoms with E-state index in [1.165, 1.54) is 29.3 Å². The molecule has 4 aromatic rings. The summed E-state index contributed by atoms with van der Waals surface area (Å²) in [6.07, 6.45) is 1.24. The van der Waals surface area contributed by atoms with Crippen LogP contribution in [-0.4, -0.2) is 36.6 Å². The van der Waals surface area contributed by atoms with Gasteiger partial charge >= 0.3 is 5.97 Å². The number of ether oxygens (including phenoxy) is 1. The minimum absolute atomic E-state index is 0.0371. The van der Waals surface area contributed by atoms with Crippen molar-refractivity contribution in [1.82, 2.24) is 19.7 Å². The summed E-state index contributed by atoms with van der Waals surface area (Å²) in [5.41, 5.74) is 3.39. The number of halogens is 2. The molecule has 0 saturated heterocycles. The van der Waals surface area contributed by atoms with Crippen molar-refractivity contribution in [3.05, 3.63) is 99.7 Å². The molecule has 0 spiro atoms. The Morgan fingerprint density at radius 3 is 2.72 bits per heavy atom. The zero-order chi connectivity index (χ0) is 25.4. The maximum Gasteiger partial charge on any atom is 0.337 e. The highest BCUT2D eigenvalue weighted by molar-refractivity contribution is 6.31. The Balaban J connectivity index is 1.52. The first-order valence-electron chi connectivity index (χ1n) is 11.0. The maximum absolute atomic E-state index is 13.9. The molecule has 2 aromatic heterocycles. The number of rotatable bonds is 6. The van der Waals surface area contributed by atoms with Crippen molar-refractivity contribution in [1.29, 1.82) is 0 Å². The molecule has 0 unspecified atom stereocenters. The van der Waals surface area contributed by atoms with Gasteiger partial charge < -0.3 is 14.7 Å². The molecule has 0 radical (unpaired) electrons. The van der Waals surface area contributed by atoms with Crippen LogP contribution in [0.2, 0.25) is 5.02 Å². The van der Waals surface area contributed by atoms with Gasteiger partial charge in [0.05, 0.1) is 23.5 Å². The Morgan fingerprint density at radius 2 is 2.00 bits per heavy atom. The lowest BCUT2D eigenvalue weighted by Gasteiger charge is -2.23. The van der Waals surface area contributed by atoms with Crippen molar-refractivity contribution in [2.75, 3.05) is 0 Å². The Morgan fingerprint density at radius 1 is 1.17 bits per heavy atom. The lowest BCUT2D eigenvalue weighted by atomic mass is 10.0. The quantitative estimate of drug-likeness (QED) is 0.407. The fraction of sp³-hybridized carbons (Fsp3) is 0.154. The van der Waals surface area contributed by atoms with Crippen molar-refractivity contribution in [3.63, 3.8) is 0 Å². The summed E-state index contributed by atoms with van der Waals surface area (Å²) in [5, 5.41) is 14.2. The van der Waals surface area contributed by atoms with E-state index in [9.17, 15) is 14.0 Å². The van der Waals surface area contributed by atoms with Crippen LogP contribution < -0.4 is 4.74 Å². The Hall–Kier alpha value is -4.24. The maximum atomic E-state index is 13.9. The molecule has 36 heavy (non-hydrogen) atoms. The number of hydrogen-bond donors (Lipinski definition) is 1. The molecule has 0 saturated carbocycles. The van der Waals surface area contributed by atoms with Gasteiger partial charge in [-0.25, -0.2) is 9.18 Å². The second-order valence-electron chi connectivity index (χ2n) is 8.36. The molecule has 1 aliphatic heterocycles. The normalized spacial score (nSPS) is 11.9. The number of pyridine rings is 1. The molecule has 2 aromatic carbocycles. The minimum atomic E-state index is -1.10. The molecule has 1 amide bonds. The summed E-state index contributed by atoms with van der Waals surface area (Å²) in [4.78, 5) is 30.7. The predicted molar refractivity (Wildman–Crippen MR) is 129 cm³/mol. The van der Waals surface area contributed by atoms with Gasteiger partial charge in [0.1, 0.15) is 18.2 Å². The highest BCUT2D eigenvalue weighted by atomic mass is 35.5. The average molecular weight is 507 g/mol. The standard InChI is InChI=1S/C26H20ClFN4O4/c1-31-24-20-10-17(27)6-8-22(20)36-14-21(24)23(30-31)25(33)32(12-15-3-2-4-18(28)9-15)13-19-7-5-16(11-29-19)26(34)35/h2-11H,12-14H2,1H3,(H,34,35). The summed E-state index contributed by atoms with van der Waals surface area (Å²) < 4.78 is 21.4. The average Bonchev–Trinajstić information content (AvgIpc) is 3.20. The smallest absolute Gasteiger partial charge is 0.337 e. The van der Waals surface area contributed by atoms with E-state index in [0.29, 0.717) is 27.6 Å². The van der Waals surface area contributed by atoms with E-state index in [1.54, 1.807) is 48.1 Å². The lowest BCUT2D eigenvalue weighted by Crippen LogP contribution is -2.32. The van der Waals surface area contributed by atoms with Crippen LogP contribution in [-0.2, 0) is 26.7 Å². The van der Waals surface area contributed by atoms with Gasteiger partial charge in [-0.2, -0.15) is 5.10 Å². The Labute approximate surface area is 210 Å². The third-order valence-corrected chi connectivity index (χ3v) is 6.13. The van der Waals surface area contributed by atoms with E-state index in [-0.39, 0.29) is 31.0 Å². The third kappa shape index (κ3) is 4.52. The molecule has 1 aliphatic rings.